The normalized spacial score (nSPS) is 11.7. The molecule has 12 aromatic heterocycles. The molecule has 139 heavy (non-hydrogen) atoms. The van der Waals surface area contributed by atoms with Crippen molar-refractivity contribution in [3.8, 4) is 17.1 Å². The van der Waals surface area contributed by atoms with Gasteiger partial charge in [0.15, 0.2) is 0 Å². The van der Waals surface area contributed by atoms with Crippen molar-refractivity contribution in [2.45, 2.75) is 20.8 Å². The summed E-state index contributed by atoms with van der Waals surface area (Å²) < 4.78 is 34.3. The Hall–Kier alpha value is -18.2. The molecular weight excluding hydrogens is 1700 g/mol. The highest BCUT2D eigenvalue weighted by Gasteiger charge is 2.23. The van der Waals surface area contributed by atoms with Gasteiger partial charge in [-0.25, -0.2) is 15.0 Å². The van der Waals surface area contributed by atoms with Gasteiger partial charge in [0, 0.05) is 132 Å². The molecule has 31 aromatic rings. The number of aromatic nitrogens is 13. The molecule has 0 N–H and O–H groups in total. The van der Waals surface area contributed by atoms with E-state index < -0.39 is 0 Å². The van der Waals surface area contributed by atoms with Crippen molar-refractivity contribution in [2.24, 2.45) is 28.2 Å². The summed E-state index contributed by atoms with van der Waals surface area (Å²) in [4.78, 5) is 14.5. The summed E-state index contributed by atoms with van der Waals surface area (Å²) in [7, 11) is 8.40. The fourth-order valence-electron chi connectivity index (χ4n) is 21.0. The van der Waals surface area contributed by atoms with Crippen LogP contribution in [0.3, 0.4) is 0 Å². The molecule has 0 radical (unpaired) electrons. The van der Waals surface area contributed by atoms with Crippen molar-refractivity contribution in [3.63, 3.8) is 0 Å². The number of imidazole rings is 6. The number of rotatable bonds is 3. The van der Waals surface area contributed by atoms with Crippen molar-refractivity contribution in [2.75, 3.05) is 0 Å². The van der Waals surface area contributed by atoms with Crippen LogP contribution in [0.1, 0.15) is 16.7 Å². The van der Waals surface area contributed by atoms with Gasteiger partial charge in [-0.2, -0.15) is 0 Å². The first-order chi connectivity index (χ1) is 68.4. The Morgan fingerprint density at radius 2 is 0.446 bits per heavy atom. The molecule has 0 aliphatic heterocycles. The summed E-state index contributed by atoms with van der Waals surface area (Å²) in [6.45, 7) is 6.30. The second-order valence-corrected chi connectivity index (χ2v) is 36.0. The zero-order chi connectivity index (χ0) is 93.2. The minimum Gasteiger partial charge on any atom is -0.456 e. The third-order valence-electron chi connectivity index (χ3n) is 27.6. The number of hydrogen-bond donors (Lipinski definition) is 0. The van der Waals surface area contributed by atoms with E-state index in [4.69, 9.17) is 18.8 Å². The second-order valence-electron chi connectivity index (χ2n) is 36.0. The zero-order valence-corrected chi connectivity index (χ0v) is 77.7. The van der Waals surface area contributed by atoms with Gasteiger partial charge in [0.25, 0.3) is 0 Å². The molecule has 0 unspecified atom stereocenters. The Morgan fingerprint density at radius 1 is 0.165 bits per heavy atom. The molecule has 0 saturated heterocycles. The highest BCUT2D eigenvalue weighted by atomic mass is 16.3. The lowest BCUT2D eigenvalue weighted by Gasteiger charge is -2.08. The monoisotopic (exact) mass is 1800 g/mol. The Kier molecular flexibility index (Phi) is 20.1. The largest absolute Gasteiger partial charge is 0.456 e. The van der Waals surface area contributed by atoms with E-state index in [1.807, 2.05) is 60.7 Å². The van der Waals surface area contributed by atoms with Crippen LogP contribution in [0.5, 0.6) is 0 Å². The van der Waals surface area contributed by atoms with Gasteiger partial charge >= 0.3 is 0 Å². The average molecular weight is 1800 g/mol. The van der Waals surface area contributed by atoms with E-state index in [2.05, 4.69) is 475 Å². The number of benzene rings is 19. The van der Waals surface area contributed by atoms with Crippen LogP contribution in [-0.2, 0) is 28.2 Å². The van der Waals surface area contributed by atoms with Crippen LogP contribution in [0.15, 0.2) is 446 Å². The fourth-order valence-corrected chi connectivity index (χ4v) is 21.0. The molecule has 0 aliphatic carbocycles. The van der Waals surface area contributed by atoms with Crippen LogP contribution >= 0.6 is 0 Å². The first-order valence-corrected chi connectivity index (χ1v) is 47.1. The number of para-hydroxylation sites is 18. The molecule has 0 bridgehead atoms. The van der Waals surface area contributed by atoms with E-state index in [1.54, 1.807) is 0 Å². The van der Waals surface area contributed by atoms with Gasteiger partial charge in [0.05, 0.1) is 88.3 Å². The number of furan rings is 2. The molecule has 0 spiro atoms. The number of aryl methyl sites for hydroxylation is 7. The van der Waals surface area contributed by atoms with Gasteiger partial charge in [0.2, 0.25) is 17.3 Å². The molecule has 19 aromatic carbocycles. The Bertz CT molecular complexity index is 10100. The molecule has 0 saturated carbocycles. The predicted molar refractivity (Wildman–Crippen MR) is 579 cm³/mol. The highest BCUT2D eigenvalue weighted by Crippen LogP contribution is 2.41. The summed E-state index contributed by atoms with van der Waals surface area (Å²) in [6.07, 6.45) is 0. The maximum absolute atomic E-state index is 6.05. The van der Waals surface area contributed by atoms with E-state index in [0.29, 0.717) is 0 Å². The summed E-state index contributed by atoms with van der Waals surface area (Å²) in [5.41, 5.74) is 34.7. The topological polar surface area (TPSA) is 113 Å². The second kappa shape index (κ2) is 33.8. The quantitative estimate of drug-likeness (QED) is 0.175. The molecule has 0 fully saturated rings. The predicted octanol–water partition coefficient (Wildman–Crippen LogP) is 31.3. The van der Waals surface area contributed by atoms with Gasteiger partial charge in [0.1, 0.15) is 22.3 Å². The number of nitrogens with zero attached hydrogens (tertiary/aromatic N) is 13. The zero-order valence-electron chi connectivity index (χ0n) is 77.7. The van der Waals surface area contributed by atoms with Crippen molar-refractivity contribution >= 4 is 215 Å². The molecular formula is C124H93N13O2. The maximum atomic E-state index is 6.05. The van der Waals surface area contributed by atoms with E-state index in [9.17, 15) is 0 Å². The van der Waals surface area contributed by atoms with Crippen molar-refractivity contribution < 1.29 is 8.83 Å². The van der Waals surface area contributed by atoms with Crippen LogP contribution in [0.25, 0.3) is 232 Å². The van der Waals surface area contributed by atoms with Gasteiger partial charge in [-0.1, -0.05) is 265 Å². The summed E-state index contributed by atoms with van der Waals surface area (Å²) >= 11 is 0. The van der Waals surface area contributed by atoms with E-state index in [0.717, 1.165) is 95.2 Å². The summed E-state index contributed by atoms with van der Waals surface area (Å²) in [6, 6.07) is 153. The minimum atomic E-state index is 0.931. The molecule has 666 valence electrons. The first-order valence-electron chi connectivity index (χ1n) is 47.1. The lowest BCUT2D eigenvalue weighted by Crippen LogP contribution is -1.95. The number of hydrogen-bond acceptors (Lipinski definition) is 5. The van der Waals surface area contributed by atoms with Crippen LogP contribution in [-0.4, -0.2) is 60.1 Å². The van der Waals surface area contributed by atoms with Gasteiger partial charge in [-0.15, -0.1) is 0 Å². The number of fused-ring (bicyclic) bond motifs is 33. The summed E-state index contributed by atoms with van der Waals surface area (Å²) in [5, 5.41) is 15.1. The molecule has 0 atom stereocenters. The van der Waals surface area contributed by atoms with E-state index >= 15 is 0 Å². The third-order valence-corrected chi connectivity index (χ3v) is 27.6. The van der Waals surface area contributed by atoms with Crippen molar-refractivity contribution in [1.29, 1.82) is 0 Å². The first kappa shape index (κ1) is 82.7. The lowest BCUT2D eigenvalue weighted by molar-refractivity contribution is 0.668. The van der Waals surface area contributed by atoms with Gasteiger partial charge in [-0.05, 0) is 209 Å². The highest BCUT2D eigenvalue weighted by molar-refractivity contribution is 6.14. The fraction of sp³-hybridized carbons (Fsp3) is 0.0565. The molecule has 0 amide bonds. The minimum absolute atomic E-state index is 0.931. The van der Waals surface area contributed by atoms with Gasteiger partial charge in [-0.3, -0.25) is 17.8 Å². The summed E-state index contributed by atoms with van der Waals surface area (Å²) in [5.74, 6) is 2.90. The molecule has 15 nitrogen and oxygen atoms in total. The van der Waals surface area contributed by atoms with E-state index in [1.165, 1.54) is 153 Å². The van der Waals surface area contributed by atoms with Crippen molar-refractivity contribution in [3.05, 3.63) is 453 Å². The Balaban J connectivity index is 0.0000000890. The third kappa shape index (κ3) is 13.9. The SMILES string of the molecule is Cc1ccc2oc3ccc(-n4c5ccccc5c5ccccc54)cc3c2c1.Cc1ccc2oc3ccccc3c2c1.Cc1ccccc1.Cn1c2ccc(-n3c4ccccc4c4ccccc43)cc2n2c3ccccc3nc12.Cn1c2ccccc2c2cc(-n3c4ccccc4n4c5ccccc5nc34)ccc21.Cn1c2ccccc2c2ccccc21.Cn1c2ccccc2n2c3ccccc3nc12. The Morgan fingerprint density at radius 3 is 0.906 bits per heavy atom. The molecule has 31 rings (SSSR count). The van der Waals surface area contributed by atoms with Crippen LogP contribution in [0, 0.1) is 20.8 Å². The van der Waals surface area contributed by atoms with Gasteiger partial charge < -0.3 is 36.2 Å². The average Bonchev–Trinajstić information content (AvgIpc) is 1.60. The molecule has 0 aliphatic rings. The molecule has 12 heterocycles. The smallest absolute Gasteiger partial charge is 0.220 e. The van der Waals surface area contributed by atoms with Crippen LogP contribution < -0.4 is 0 Å². The standard InChI is InChI=1S/2C26H18N4.C25H17NO.C14H11N3.C13H11N.C13H10O.C7H8/c1-28-24-15-14-17(16-25(24)30-23-13-7-4-10-20(23)27-26(28)30)29-21-11-5-2-8-18(21)19-9-3-6-12-22(19)29;1-28-21-10-4-2-8-18(21)19-16-17(14-15-22(19)28)29-24-12-6-7-13-25(24)30-23-11-5-3-9-20(23)27-26(29)30;1-16-10-12-24-20(14-16)21-15-17(11-13-25(21)27-24)26-22-8-4-2-6-18(22)19-7-3-5-9-23(19)26;1-16-12-8-4-5-9-13(12)17-11-7-3-2-6-10(11)15-14(16)17;1-14-12-8-4-2-6-10(12)11-7-3-5-9-13(11)14;1-9-6-7-13-11(8-9)10-4-2-3-5-12(10)14-13;1-7-5-3-2-4-6-7/h2*2-16H,1H3;2-15H,1H3;2-9H,1H3;2-9H,1H3;2-8H,1H3;2-6H,1H3. The lowest BCUT2D eigenvalue weighted by atomic mass is 10.1. The van der Waals surface area contributed by atoms with Crippen LogP contribution in [0.2, 0.25) is 0 Å². The van der Waals surface area contributed by atoms with E-state index in [-0.39, 0.29) is 0 Å². The van der Waals surface area contributed by atoms with Crippen molar-refractivity contribution in [1.82, 2.24) is 60.1 Å². The molecule has 15 heteroatoms. The Labute approximate surface area is 797 Å². The van der Waals surface area contributed by atoms with Crippen LogP contribution in [0.4, 0.5) is 0 Å². The maximum Gasteiger partial charge on any atom is 0.220 e.